The summed E-state index contributed by atoms with van der Waals surface area (Å²) in [6, 6.07) is 19.7. The summed E-state index contributed by atoms with van der Waals surface area (Å²) in [5.41, 5.74) is 4.89. The Balaban J connectivity index is 1.11. The molecule has 0 bridgehead atoms. The lowest BCUT2D eigenvalue weighted by atomic mass is 9.94. The fourth-order valence-electron chi connectivity index (χ4n) is 5.07. The maximum atomic E-state index is 13.0. The molecule has 3 N–H and O–H groups in total. The number of rotatable bonds is 10. The smallest absolute Gasteiger partial charge is 0.301 e. The van der Waals surface area contributed by atoms with E-state index in [9.17, 15) is 13.5 Å². The Labute approximate surface area is 207 Å². The monoisotopic (exact) mass is 492 g/mol. The van der Waals surface area contributed by atoms with Crippen LogP contribution in [0.4, 0.5) is 5.69 Å². The number of aromatic nitrogens is 1. The molecule has 1 aliphatic carbocycles. The van der Waals surface area contributed by atoms with Gasteiger partial charge in [-0.3, -0.25) is 9.71 Å². The van der Waals surface area contributed by atoms with E-state index in [1.54, 1.807) is 16.7 Å². The van der Waals surface area contributed by atoms with Gasteiger partial charge in [0.05, 0.1) is 6.10 Å². The average molecular weight is 493 g/mol. The van der Waals surface area contributed by atoms with Crippen LogP contribution in [-0.4, -0.2) is 49.0 Å². The third-order valence-corrected chi connectivity index (χ3v) is 8.73. The second-order valence-corrected chi connectivity index (χ2v) is 11.4. The number of nitrogens with one attached hydrogen (secondary N) is 2. The Morgan fingerprint density at radius 2 is 1.91 bits per heavy atom. The summed E-state index contributed by atoms with van der Waals surface area (Å²) in [6.45, 7) is 4.32. The molecule has 2 aromatic carbocycles. The molecule has 2 aliphatic rings. The van der Waals surface area contributed by atoms with E-state index >= 15 is 0 Å². The van der Waals surface area contributed by atoms with E-state index in [4.69, 9.17) is 0 Å². The fourth-order valence-corrected chi connectivity index (χ4v) is 6.41. The number of aliphatic hydroxyl groups excluding tert-OH is 1. The van der Waals surface area contributed by atoms with Gasteiger partial charge in [-0.2, -0.15) is 12.7 Å². The van der Waals surface area contributed by atoms with Gasteiger partial charge in [0.2, 0.25) is 0 Å². The lowest BCUT2D eigenvalue weighted by Crippen LogP contribution is -2.37. The van der Waals surface area contributed by atoms with E-state index in [0.717, 1.165) is 24.0 Å². The molecule has 8 heteroatoms. The van der Waals surface area contributed by atoms with Gasteiger partial charge in [-0.25, -0.2) is 0 Å². The highest BCUT2D eigenvalue weighted by Gasteiger charge is 2.62. The van der Waals surface area contributed by atoms with Gasteiger partial charge in [0.1, 0.15) is 0 Å². The molecule has 1 saturated carbocycles. The molecule has 1 saturated heterocycles. The van der Waals surface area contributed by atoms with Crippen LogP contribution in [0.2, 0.25) is 0 Å². The Hall–Kier alpha value is -2.78. The van der Waals surface area contributed by atoms with Crippen LogP contribution in [0.15, 0.2) is 73.1 Å². The van der Waals surface area contributed by atoms with Crippen molar-refractivity contribution in [2.75, 3.05) is 30.9 Å². The first-order valence-electron chi connectivity index (χ1n) is 12.1. The minimum absolute atomic E-state index is 0.0239. The molecular formula is C27H32N4O3S. The Kier molecular flexibility index (Phi) is 6.63. The van der Waals surface area contributed by atoms with Gasteiger partial charge in [-0.1, -0.05) is 48.0 Å². The molecule has 2 heterocycles. The van der Waals surface area contributed by atoms with Crippen molar-refractivity contribution in [2.24, 2.45) is 5.92 Å². The van der Waals surface area contributed by atoms with E-state index in [1.165, 1.54) is 11.1 Å². The molecule has 184 valence electrons. The normalized spacial score (nSPS) is 22.5. The molecule has 2 fully saturated rings. The Morgan fingerprint density at radius 1 is 1.14 bits per heavy atom. The molecule has 0 spiro atoms. The molecule has 2 unspecified atom stereocenters. The molecule has 1 aliphatic heterocycles. The van der Waals surface area contributed by atoms with Gasteiger partial charge >= 0.3 is 10.2 Å². The second-order valence-electron chi connectivity index (χ2n) is 9.78. The lowest BCUT2D eigenvalue weighted by molar-refractivity contribution is 0.174. The Bertz CT molecular complexity index is 1250. The van der Waals surface area contributed by atoms with E-state index < -0.39 is 16.3 Å². The van der Waals surface area contributed by atoms with Crippen molar-refractivity contribution in [3.05, 3.63) is 95.3 Å². The molecule has 3 atom stereocenters. The number of piperidine rings is 1. The van der Waals surface area contributed by atoms with E-state index in [2.05, 4.69) is 46.2 Å². The first kappa shape index (κ1) is 23.9. The van der Waals surface area contributed by atoms with Gasteiger partial charge in [-0.15, -0.1) is 0 Å². The lowest BCUT2D eigenvalue weighted by Gasteiger charge is -2.22. The molecule has 3 aromatic rings. The predicted octanol–water partition coefficient (Wildman–Crippen LogP) is 3.19. The standard InChI is InChI=1S/C27H32N4O3S/c1-20-4-8-23(9-5-20)27-15-24(27)18-31(19-27)35(33,34)30-25-10-6-21(7-11-25)12-14-29-17-26(32)22-3-2-13-28-16-22/h2-11,13,16,24,26,29-30,32H,12,14-15,17-19H2,1H3/t24?,26-,27?/m1/s1. The van der Waals surface area contributed by atoms with Crippen molar-refractivity contribution in [1.29, 1.82) is 0 Å². The highest BCUT2D eigenvalue weighted by molar-refractivity contribution is 7.90. The first-order chi connectivity index (χ1) is 16.9. The van der Waals surface area contributed by atoms with Crippen LogP contribution in [0.25, 0.3) is 0 Å². The zero-order valence-electron chi connectivity index (χ0n) is 19.9. The molecular weight excluding hydrogens is 460 g/mol. The SMILES string of the molecule is Cc1ccc(C23CC2CN(S(=O)(=O)Nc2ccc(CCNC[C@@H](O)c4cccnc4)cc2)C3)cc1. The minimum Gasteiger partial charge on any atom is -0.387 e. The van der Waals surface area contributed by atoms with Gasteiger partial charge < -0.3 is 10.4 Å². The number of hydrogen-bond acceptors (Lipinski definition) is 5. The van der Waals surface area contributed by atoms with Gasteiger partial charge in [-0.05, 0) is 61.6 Å². The van der Waals surface area contributed by atoms with Crippen molar-refractivity contribution in [3.8, 4) is 0 Å². The predicted molar refractivity (Wildman–Crippen MR) is 137 cm³/mol. The summed E-state index contributed by atoms with van der Waals surface area (Å²) < 4.78 is 30.4. The molecule has 7 nitrogen and oxygen atoms in total. The number of anilines is 1. The number of fused-ring (bicyclic) bond motifs is 1. The summed E-state index contributed by atoms with van der Waals surface area (Å²) >= 11 is 0. The average Bonchev–Trinajstić information content (AvgIpc) is 3.43. The van der Waals surface area contributed by atoms with E-state index in [-0.39, 0.29) is 5.41 Å². The first-order valence-corrected chi connectivity index (χ1v) is 13.5. The van der Waals surface area contributed by atoms with Gasteiger partial charge in [0, 0.05) is 48.7 Å². The highest BCUT2D eigenvalue weighted by atomic mass is 32.2. The van der Waals surface area contributed by atoms with Gasteiger partial charge in [0.15, 0.2) is 0 Å². The third kappa shape index (κ3) is 5.26. The molecule has 1 aromatic heterocycles. The number of aryl methyl sites for hydroxylation is 1. The molecule has 5 rings (SSSR count). The minimum atomic E-state index is -3.60. The van der Waals surface area contributed by atoms with Crippen LogP contribution >= 0.6 is 0 Å². The molecule has 0 radical (unpaired) electrons. The van der Waals surface area contributed by atoms with Gasteiger partial charge in [0.25, 0.3) is 0 Å². The van der Waals surface area contributed by atoms with Crippen molar-refractivity contribution in [2.45, 2.75) is 31.3 Å². The van der Waals surface area contributed by atoms with Crippen LogP contribution in [0.1, 0.15) is 34.8 Å². The second kappa shape index (κ2) is 9.70. The van der Waals surface area contributed by atoms with Crippen LogP contribution in [0.3, 0.4) is 0 Å². The topological polar surface area (TPSA) is 94.6 Å². The van der Waals surface area contributed by atoms with E-state index in [0.29, 0.717) is 37.8 Å². The van der Waals surface area contributed by atoms with Crippen LogP contribution < -0.4 is 10.0 Å². The number of benzene rings is 2. The zero-order chi connectivity index (χ0) is 24.5. The van der Waals surface area contributed by atoms with Crippen LogP contribution in [0.5, 0.6) is 0 Å². The third-order valence-electron chi connectivity index (χ3n) is 7.28. The van der Waals surface area contributed by atoms with E-state index in [1.807, 2.05) is 36.4 Å². The maximum absolute atomic E-state index is 13.0. The number of nitrogens with zero attached hydrogens (tertiary/aromatic N) is 2. The summed E-state index contributed by atoms with van der Waals surface area (Å²) in [4.78, 5) is 4.03. The summed E-state index contributed by atoms with van der Waals surface area (Å²) in [5, 5.41) is 13.4. The van der Waals surface area contributed by atoms with Crippen molar-refractivity contribution in [3.63, 3.8) is 0 Å². The quantitative estimate of drug-likeness (QED) is 0.378. The molecule has 0 amide bonds. The fraction of sp³-hybridized carbons (Fsp3) is 0.370. The van der Waals surface area contributed by atoms with Crippen LogP contribution in [0, 0.1) is 12.8 Å². The van der Waals surface area contributed by atoms with Crippen molar-refractivity contribution in [1.82, 2.24) is 14.6 Å². The van der Waals surface area contributed by atoms with Crippen molar-refractivity contribution < 1.29 is 13.5 Å². The number of pyridine rings is 1. The van der Waals surface area contributed by atoms with Crippen molar-refractivity contribution >= 4 is 15.9 Å². The largest absolute Gasteiger partial charge is 0.387 e. The van der Waals surface area contributed by atoms with Crippen LogP contribution in [-0.2, 0) is 22.0 Å². The summed E-state index contributed by atoms with van der Waals surface area (Å²) in [7, 11) is -3.60. The summed E-state index contributed by atoms with van der Waals surface area (Å²) in [5.74, 6) is 0.397. The molecule has 35 heavy (non-hydrogen) atoms. The number of aliphatic hydroxyl groups is 1. The summed E-state index contributed by atoms with van der Waals surface area (Å²) in [6.07, 6.45) is 4.59. The zero-order valence-corrected chi connectivity index (χ0v) is 20.7. The highest BCUT2D eigenvalue weighted by Crippen LogP contribution is 2.59. The number of hydrogen-bond donors (Lipinski definition) is 3. The maximum Gasteiger partial charge on any atom is 0.301 e. The Morgan fingerprint density at radius 3 is 2.63 bits per heavy atom.